The van der Waals surface area contributed by atoms with Crippen molar-refractivity contribution in [3.8, 4) is 0 Å². The zero-order chi connectivity index (χ0) is 13.8. The predicted octanol–water partition coefficient (Wildman–Crippen LogP) is 0.849. The molecule has 0 bridgehead atoms. The Bertz CT molecular complexity index is 329. The van der Waals surface area contributed by atoms with Gasteiger partial charge in [-0.1, -0.05) is 26.8 Å². The first-order valence-electron chi connectivity index (χ1n) is 5.48. The molecule has 5 heteroatoms. The molecule has 0 aliphatic rings. The molecule has 0 aromatic carbocycles. The second-order valence-electron chi connectivity index (χ2n) is 5.25. The number of likely N-dealkylation sites (N-methyl/N-ethyl adjacent to an activating group) is 1. The van der Waals surface area contributed by atoms with Gasteiger partial charge in [-0.15, -0.1) is 0 Å². The minimum absolute atomic E-state index is 0.188. The molecule has 0 heterocycles. The third-order valence-corrected chi connectivity index (χ3v) is 2.58. The van der Waals surface area contributed by atoms with Crippen LogP contribution in [-0.4, -0.2) is 41.5 Å². The van der Waals surface area contributed by atoms with Crippen LogP contribution in [0, 0.1) is 5.41 Å². The quantitative estimate of drug-likeness (QED) is 0.716. The van der Waals surface area contributed by atoms with Gasteiger partial charge in [-0.25, -0.2) is 4.79 Å². The first kappa shape index (κ1) is 15.6. The van der Waals surface area contributed by atoms with Crippen molar-refractivity contribution in [3.05, 3.63) is 11.6 Å². The number of amides is 1. The molecular formula is C12H22N2O3. The number of carbonyl (C=O) groups excluding carboxylic acids is 1. The molecule has 0 aliphatic heterocycles. The number of hydrogen-bond acceptors (Lipinski definition) is 3. The molecule has 5 nitrogen and oxygen atoms in total. The summed E-state index contributed by atoms with van der Waals surface area (Å²) in [7, 11) is 1.61. The van der Waals surface area contributed by atoms with Gasteiger partial charge in [-0.2, -0.15) is 0 Å². The van der Waals surface area contributed by atoms with E-state index in [2.05, 4.69) is 0 Å². The Morgan fingerprint density at radius 2 is 1.88 bits per heavy atom. The van der Waals surface area contributed by atoms with Gasteiger partial charge in [0.1, 0.15) is 0 Å². The summed E-state index contributed by atoms with van der Waals surface area (Å²) in [6.45, 7) is 7.41. The number of aliphatic carboxylic acids is 1. The third kappa shape index (κ3) is 4.99. The lowest BCUT2D eigenvalue weighted by molar-refractivity contribution is -0.134. The molecule has 0 saturated carbocycles. The molecule has 0 saturated heterocycles. The van der Waals surface area contributed by atoms with Gasteiger partial charge in [-0.3, -0.25) is 4.79 Å². The van der Waals surface area contributed by atoms with Gasteiger partial charge in [0, 0.05) is 19.2 Å². The van der Waals surface area contributed by atoms with Gasteiger partial charge in [0.15, 0.2) is 0 Å². The lowest BCUT2D eigenvalue weighted by atomic mass is 9.86. The second kappa shape index (κ2) is 5.82. The molecule has 0 aliphatic carbocycles. The van der Waals surface area contributed by atoms with Crippen molar-refractivity contribution in [2.75, 3.05) is 13.6 Å². The van der Waals surface area contributed by atoms with Crippen molar-refractivity contribution in [2.24, 2.45) is 11.1 Å². The first-order valence-corrected chi connectivity index (χ1v) is 5.48. The van der Waals surface area contributed by atoms with Crippen LogP contribution in [0.15, 0.2) is 11.6 Å². The number of carbonyl (C=O) groups is 2. The fraction of sp³-hybridized carbons (Fsp3) is 0.667. The van der Waals surface area contributed by atoms with E-state index in [1.807, 2.05) is 20.8 Å². The number of hydrogen-bond donors (Lipinski definition) is 2. The van der Waals surface area contributed by atoms with Crippen molar-refractivity contribution >= 4 is 11.9 Å². The lowest BCUT2D eigenvalue weighted by Gasteiger charge is -2.29. The van der Waals surface area contributed by atoms with Gasteiger partial charge >= 0.3 is 5.97 Å². The summed E-state index contributed by atoms with van der Waals surface area (Å²) in [4.78, 5) is 23.9. The maximum atomic E-state index is 11.9. The van der Waals surface area contributed by atoms with Crippen molar-refractivity contribution in [1.82, 2.24) is 4.90 Å². The van der Waals surface area contributed by atoms with Crippen molar-refractivity contribution in [2.45, 2.75) is 33.7 Å². The van der Waals surface area contributed by atoms with Crippen LogP contribution in [0.4, 0.5) is 0 Å². The summed E-state index contributed by atoms with van der Waals surface area (Å²) in [5.41, 5.74) is 5.74. The molecule has 0 aromatic heterocycles. The molecule has 98 valence electrons. The average Bonchev–Trinajstić information content (AvgIpc) is 2.21. The maximum Gasteiger partial charge on any atom is 0.331 e. The SMILES string of the molecule is C/C(=C\CN(C)C(=O)C(N)C(C)(C)C)C(=O)O. The van der Waals surface area contributed by atoms with E-state index >= 15 is 0 Å². The summed E-state index contributed by atoms with van der Waals surface area (Å²) in [5.74, 6) is -1.17. The Kier molecular flexibility index (Phi) is 5.35. The largest absolute Gasteiger partial charge is 0.478 e. The van der Waals surface area contributed by atoms with Crippen LogP contribution in [0.3, 0.4) is 0 Å². The third-order valence-electron chi connectivity index (χ3n) is 2.58. The van der Waals surface area contributed by atoms with E-state index in [0.717, 1.165) is 0 Å². The van der Waals surface area contributed by atoms with E-state index in [9.17, 15) is 9.59 Å². The molecule has 0 rings (SSSR count). The highest BCUT2D eigenvalue weighted by Crippen LogP contribution is 2.18. The van der Waals surface area contributed by atoms with Gasteiger partial charge in [0.2, 0.25) is 5.91 Å². The Labute approximate surface area is 102 Å². The van der Waals surface area contributed by atoms with E-state index in [1.54, 1.807) is 7.05 Å². The monoisotopic (exact) mass is 242 g/mol. The van der Waals surface area contributed by atoms with Gasteiger partial charge in [0.25, 0.3) is 0 Å². The van der Waals surface area contributed by atoms with E-state index in [1.165, 1.54) is 17.9 Å². The van der Waals surface area contributed by atoms with E-state index < -0.39 is 12.0 Å². The van der Waals surface area contributed by atoms with E-state index in [4.69, 9.17) is 10.8 Å². The zero-order valence-electron chi connectivity index (χ0n) is 11.2. The Morgan fingerprint density at radius 1 is 1.41 bits per heavy atom. The molecule has 0 fully saturated rings. The zero-order valence-corrected chi connectivity index (χ0v) is 11.2. The highest BCUT2D eigenvalue weighted by Gasteiger charge is 2.29. The Hall–Kier alpha value is -1.36. The summed E-state index contributed by atoms with van der Waals surface area (Å²) < 4.78 is 0. The van der Waals surface area contributed by atoms with E-state index in [-0.39, 0.29) is 23.4 Å². The molecule has 17 heavy (non-hydrogen) atoms. The van der Waals surface area contributed by atoms with Crippen LogP contribution in [0.25, 0.3) is 0 Å². The molecular weight excluding hydrogens is 220 g/mol. The first-order chi connectivity index (χ1) is 7.57. The molecule has 0 aromatic rings. The number of rotatable bonds is 4. The summed E-state index contributed by atoms with van der Waals surface area (Å²) in [5, 5.41) is 8.68. The minimum Gasteiger partial charge on any atom is -0.478 e. The van der Waals surface area contributed by atoms with Gasteiger partial charge in [0.05, 0.1) is 6.04 Å². The smallest absolute Gasteiger partial charge is 0.331 e. The molecule has 0 spiro atoms. The van der Waals surface area contributed by atoms with Crippen LogP contribution >= 0.6 is 0 Å². The molecule has 0 radical (unpaired) electrons. The molecule has 1 amide bonds. The number of nitrogens with zero attached hydrogens (tertiary/aromatic N) is 1. The van der Waals surface area contributed by atoms with E-state index in [0.29, 0.717) is 0 Å². The fourth-order valence-corrected chi connectivity index (χ4v) is 1.06. The summed E-state index contributed by atoms with van der Waals surface area (Å²) >= 11 is 0. The number of carboxylic acid groups (broad SMARTS) is 1. The average molecular weight is 242 g/mol. The minimum atomic E-state index is -0.981. The maximum absolute atomic E-state index is 11.9. The molecule has 1 unspecified atom stereocenters. The Morgan fingerprint density at radius 3 is 2.24 bits per heavy atom. The highest BCUT2D eigenvalue weighted by molar-refractivity contribution is 5.86. The van der Waals surface area contributed by atoms with Crippen LogP contribution in [-0.2, 0) is 9.59 Å². The predicted molar refractivity (Wildman–Crippen MR) is 66.5 cm³/mol. The van der Waals surface area contributed by atoms with Crippen molar-refractivity contribution in [3.63, 3.8) is 0 Å². The molecule has 1 atom stereocenters. The lowest BCUT2D eigenvalue weighted by Crippen LogP contribution is -2.49. The standard InChI is InChI=1S/C12H22N2O3/c1-8(11(16)17)6-7-14(5)10(15)9(13)12(2,3)4/h6,9H,7,13H2,1-5H3,(H,16,17)/b8-6+. The number of nitrogens with two attached hydrogens (primary N) is 1. The highest BCUT2D eigenvalue weighted by atomic mass is 16.4. The van der Waals surface area contributed by atoms with Crippen LogP contribution in [0.5, 0.6) is 0 Å². The van der Waals surface area contributed by atoms with Crippen molar-refractivity contribution in [1.29, 1.82) is 0 Å². The Balaban J connectivity index is 4.54. The number of carboxylic acids is 1. The molecule has 3 N–H and O–H groups in total. The van der Waals surface area contributed by atoms with Crippen molar-refractivity contribution < 1.29 is 14.7 Å². The van der Waals surface area contributed by atoms with Gasteiger partial charge < -0.3 is 15.7 Å². The summed E-state index contributed by atoms with van der Waals surface area (Å²) in [6, 6.07) is -0.592. The summed E-state index contributed by atoms with van der Waals surface area (Å²) in [6.07, 6.45) is 1.50. The topological polar surface area (TPSA) is 83.6 Å². The van der Waals surface area contributed by atoms with Crippen LogP contribution < -0.4 is 5.73 Å². The second-order valence-corrected chi connectivity index (χ2v) is 5.25. The fourth-order valence-electron chi connectivity index (χ4n) is 1.06. The van der Waals surface area contributed by atoms with Crippen LogP contribution in [0.1, 0.15) is 27.7 Å². The normalized spacial score (nSPS) is 14.4. The van der Waals surface area contributed by atoms with Gasteiger partial charge in [-0.05, 0) is 12.3 Å². The van der Waals surface area contributed by atoms with Crippen LogP contribution in [0.2, 0.25) is 0 Å².